The number of hydrogen-bond donors (Lipinski definition) is 3. The van der Waals surface area contributed by atoms with E-state index < -0.39 is 23.0 Å². The first kappa shape index (κ1) is 22.8. The lowest BCUT2D eigenvalue weighted by molar-refractivity contribution is 0.0530. The molecule has 164 valence electrons. The first-order chi connectivity index (χ1) is 14.3. The number of carboxylic acid groups (broad SMARTS) is 1. The Morgan fingerprint density at radius 2 is 1.90 bits per heavy atom. The third-order valence-electron chi connectivity index (χ3n) is 4.96. The van der Waals surface area contributed by atoms with Crippen LogP contribution in [-0.2, 0) is 11.3 Å². The van der Waals surface area contributed by atoms with Crippen LogP contribution in [0.15, 0.2) is 36.4 Å². The van der Waals surface area contributed by atoms with Crippen LogP contribution in [0.1, 0.15) is 63.9 Å². The van der Waals surface area contributed by atoms with Gasteiger partial charge in [-0.05, 0) is 42.8 Å². The van der Waals surface area contributed by atoms with Gasteiger partial charge in [0, 0.05) is 23.3 Å². The minimum absolute atomic E-state index is 0.0859. The van der Waals surface area contributed by atoms with Crippen molar-refractivity contribution >= 4 is 39.6 Å². The minimum Gasteiger partial charge on any atom is -0.477 e. The second kappa shape index (κ2) is 9.93. The number of anilines is 1. The quantitative estimate of drug-likeness (QED) is 0.316. The van der Waals surface area contributed by atoms with Crippen LogP contribution in [0.25, 0.3) is 0 Å². The highest BCUT2D eigenvalue weighted by molar-refractivity contribution is 8.25. The molecule has 0 aliphatic carbocycles. The van der Waals surface area contributed by atoms with Crippen LogP contribution in [0.4, 0.5) is 5.69 Å². The summed E-state index contributed by atoms with van der Waals surface area (Å²) >= 11 is 1.14. The summed E-state index contributed by atoms with van der Waals surface area (Å²) in [4.78, 5) is 24.3. The second-order valence-corrected chi connectivity index (χ2v) is 10.4. The van der Waals surface area contributed by atoms with E-state index >= 15 is 0 Å². The second-order valence-electron chi connectivity index (χ2n) is 7.21. The van der Waals surface area contributed by atoms with E-state index in [0.29, 0.717) is 24.1 Å². The number of rotatable bonds is 10. The lowest BCUT2D eigenvalue weighted by atomic mass is 10.0. The topological polar surface area (TPSA) is 107 Å². The summed E-state index contributed by atoms with van der Waals surface area (Å²) in [6.45, 7) is 2.28. The van der Waals surface area contributed by atoms with Crippen LogP contribution in [0.5, 0.6) is 0 Å². The number of thiophene rings is 1. The lowest BCUT2D eigenvalue weighted by Crippen LogP contribution is -2.32. The van der Waals surface area contributed by atoms with E-state index in [1.165, 1.54) is 10.4 Å². The van der Waals surface area contributed by atoms with Gasteiger partial charge in [-0.1, -0.05) is 19.8 Å². The van der Waals surface area contributed by atoms with Gasteiger partial charge in [0.25, 0.3) is 0 Å². The number of nitrogens with zero attached hydrogens (tertiary/aromatic N) is 1. The number of hydrogen-bond acceptors (Lipinski definition) is 7. The number of aromatic carboxylic acids is 1. The van der Waals surface area contributed by atoms with E-state index in [-0.39, 0.29) is 23.0 Å². The first-order valence-corrected chi connectivity index (χ1v) is 12.4. The van der Waals surface area contributed by atoms with Crippen LogP contribution in [0, 0.1) is 0 Å². The molecule has 9 heteroatoms. The Kier molecular flexibility index (Phi) is 7.54. The van der Waals surface area contributed by atoms with E-state index in [4.69, 9.17) is 9.84 Å². The molecule has 0 amide bonds. The smallest absolute Gasteiger partial charge is 0.345 e. The molecule has 1 saturated heterocycles. The predicted octanol–water partition coefficient (Wildman–Crippen LogP) is 5.63. The van der Waals surface area contributed by atoms with Crippen molar-refractivity contribution in [2.75, 3.05) is 10.1 Å². The number of unbranched alkanes of at least 4 members (excludes halogenated alkanes) is 2. The van der Waals surface area contributed by atoms with Crippen LogP contribution >= 0.6 is 22.1 Å². The molecule has 3 N–H and O–H groups in total. The number of carboxylic acids is 1. The van der Waals surface area contributed by atoms with Crippen molar-refractivity contribution in [2.24, 2.45) is 0 Å². The number of Topliss-reactive ketones (excluding diaryl/α,β-unsaturated/α-hetero) is 1. The molecule has 2 heterocycles. The largest absolute Gasteiger partial charge is 0.477 e. The van der Waals surface area contributed by atoms with E-state index in [1.807, 2.05) is 0 Å². The normalized spacial score (nSPS) is 19.0. The number of carbonyl (C=O) groups is 2. The molecule has 0 bridgehead atoms. The summed E-state index contributed by atoms with van der Waals surface area (Å²) in [6, 6.07) is 10.1. The van der Waals surface area contributed by atoms with E-state index in [2.05, 4.69) is 6.92 Å². The summed E-state index contributed by atoms with van der Waals surface area (Å²) in [5.41, 5.74) is 1.20. The zero-order valence-corrected chi connectivity index (χ0v) is 18.5. The highest BCUT2D eigenvalue weighted by Crippen LogP contribution is 2.54. The Labute approximate surface area is 181 Å². The van der Waals surface area contributed by atoms with Gasteiger partial charge >= 0.3 is 5.97 Å². The van der Waals surface area contributed by atoms with Crippen molar-refractivity contribution in [1.82, 2.24) is 0 Å². The van der Waals surface area contributed by atoms with Crippen molar-refractivity contribution in [1.29, 1.82) is 0 Å². The van der Waals surface area contributed by atoms with Crippen LogP contribution < -0.4 is 4.31 Å². The average Bonchev–Trinajstić information content (AvgIpc) is 3.30. The standard InChI is InChI=1S/C21H27NO6S2/c1-2-3-4-5-18(23)15-6-8-16(9-7-15)22-20(12-13-30(22,26)27)28-14-17-10-11-19(29-17)21(24)25/h6-11,20,26-27H,2-5,12-14H2,1H3,(H,24,25). The molecule has 1 unspecified atom stereocenters. The highest BCUT2D eigenvalue weighted by Gasteiger charge is 2.38. The molecule has 1 aromatic carbocycles. The van der Waals surface area contributed by atoms with Gasteiger partial charge in [0.05, 0.1) is 18.0 Å². The molecule has 1 aliphatic heterocycles. The maximum Gasteiger partial charge on any atom is 0.345 e. The Bertz CT molecular complexity index is 880. The van der Waals surface area contributed by atoms with Crippen molar-refractivity contribution in [3.63, 3.8) is 0 Å². The van der Waals surface area contributed by atoms with Crippen molar-refractivity contribution in [2.45, 2.75) is 51.9 Å². The monoisotopic (exact) mass is 453 g/mol. The van der Waals surface area contributed by atoms with Gasteiger partial charge in [-0.2, -0.15) is 0 Å². The third-order valence-corrected chi connectivity index (χ3v) is 7.86. The average molecular weight is 454 g/mol. The fourth-order valence-electron chi connectivity index (χ4n) is 3.37. The summed E-state index contributed by atoms with van der Waals surface area (Å²) in [5, 5.41) is 9.03. The Hall–Kier alpha value is -1.91. The molecule has 1 atom stereocenters. The van der Waals surface area contributed by atoms with Gasteiger partial charge in [-0.3, -0.25) is 13.9 Å². The molecule has 3 rings (SSSR count). The molecule has 7 nitrogen and oxygen atoms in total. The summed E-state index contributed by atoms with van der Waals surface area (Å²) in [6.07, 6.45) is 3.36. The summed E-state index contributed by atoms with van der Waals surface area (Å²) in [5.74, 6) is -0.699. The summed E-state index contributed by atoms with van der Waals surface area (Å²) < 4.78 is 28.4. The Morgan fingerprint density at radius 1 is 1.17 bits per heavy atom. The SMILES string of the molecule is CCCCCC(=O)c1ccc(N2C(OCc3ccc(C(=O)O)s3)CCS2(O)O)cc1. The zero-order chi connectivity index (χ0) is 21.7. The molecule has 0 saturated carbocycles. The number of ketones is 1. The zero-order valence-electron chi connectivity index (χ0n) is 16.8. The third kappa shape index (κ3) is 5.41. The van der Waals surface area contributed by atoms with Gasteiger partial charge in [0.1, 0.15) is 4.88 Å². The lowest BCUT2D eigenvalue weighted by Gasteiger charge is -2.40. The summed E-state index contributed by atoms with van der Waals surface area (Å²) in [7, 11) is -3.02. The molecule has 0 radical (unpaired) electrons. The fraction of sp³-hybridized carbons (Fsp3) is 0.429. The molecule has 2 aromatic rings. The minimum atomic E-state index is -3.02. The maximum atomic E-state index is 12.3. The van der Waals surface area contributed by atoms with E-state index in [1.54, 1.807) is 30.3 Å². The first-order valence-electron chi connectivity index (χ1n) is 9.94. The van der Waals surface area contributed by atoms with Crippen molar-refractivity contribution in [3.8, 4) is 0 Å². The van der Waals surface area contributed by atoms with Gasteiger partial charge in [-0.15, -0.1) is 22.1 Å². The van der Waals surface area contributed by atoms with Crippen LogP contribution in [0.2, 0.25) is 0 Å². The van der Waals surface area contributed by atoms with Gasteiger partial charge in [-0.25, -0.2) is 9.10 Å². The number of carbonyl (C=O) groups excluding carboxylic acids is 1. The van der Waals surface area contributed by atoms with E-state index in [0.717, 1.165) is 35.5 Å². The van der Waals surface area contributed by atoms with Crippen LogP contribution in [-0.4, -0.2) is 37.9 Å². The van der Waals surface area contributed by atoms with E-state index in [9.17, 15) is 18.7 Å². The van der Waals surface area contributed by atoms with Gasteiger partial charge in [0.2, 0.25) is 0 Å². The van der Waals surface area contributed by atoms with Crippen molar-refractivity contribution in [3.05, 3.63) is 51.7 Å². The van der Waals surface area contributed by atoms with Crippen LogP contribution in [0.3, 0.4) is 0 Å². The fourth-order valence-corrected chi connectivity index (χ4v) is 5.86. The molecule has 1 aliphatic rings. The van der Waals surface area contributed by atoms with Crippen molar-refractivity contribution < 1.29 is 28.5 Å². The number of benzene rings is 1. The predicted molar refractivity (Wildman–Crippen MR) is 120 cm³/mol. The molecule has 0 spiro atoms. The maximum absolute atomic E-state index is 12.3. The Morgan fingerprint density at radius 3 is 2.53 bits per heavy atom. The molecular formula is C21H27NO6S2. The number of ether oxygens (including phenoxy) is 1. The van der Waals surface area contributed by atoms with Gasteiger partial charge < -0.3 is 9.84 Å². The highest BCUT2D eigenvalue weighted by atomic mass is 32.3. The molecule has 1 fully saturated rings. The molecule has 1 aromatic heterocycles. The molecular weight excluding hydrogens is 426 g/mol. The molecule has 30 heavy (non-hydrogen) atoms. The Balaban J connectivity index is 1.68. The van der Waals surface area contributed by atoms with Gasteiger partial charge in [0.15, 0.2) is 12.0 Å².